The maximum atomic E-state index is 12.6. The molecule has 2 aromatic rings. The van der Waals surface area contributed by atoms with E-state index in [0.717, 1.165) is 16.7 Å². The summed E-state index contributed by atoms with van der Waals surface area (Å²) in [5.41, 5.74) is 3.38. The number of benzene rings is 2. The lowest BCUT2D eigenvalue weighted by atomic mass is 10.1. The molecule has 1 N–H and O–H groups in total. The Balaban J connectivity index is 2.48. The minimum absolute atomic E-state index is 0.144. The van der Waals surface area contributed by atoms with Gasteiger partial charge in [0.2, 0.25) is 0 Å². The van der Waals surface area contributed by atoms with E-state index in [4.69, 9.17) is 4.74 Å². The van der Waals surface area contributed by atoms with Crippen LogP contribution in [0.1, 0.15) is 16.7 Å². The molecule has 2 rings (SSSR count). The molecule has 0 aliphatic heterocycles. The Morgan fingerprint density at radius 2 is 1.76 bits per heavy atom. The number of rotatable bonds is 4. The Labute approximate surface area is 125 Å². The van der Waals surface area contributed by atoms with Crippen LogP contribution in [-0.2, 0) is 10.0 Å². The molecule has 2 aromatic carbocycles. The molecule has 0 unspecified atom stereocenters. The molecule has 0 radical (unpaired) electrons. The number of nitrogens with one attached hydrogen (secondary N) is 1. The Hall–Kier alpha value is -2.01. The third-order valence-electron chi connectivity index (χ3n) is 3.46. The van der Waals surface area contributed by atoms with Crippen molar-refractivity contribution in [3.63, 3.8) is 0 Å². The average Bonchev–Trinajstić information content (AvgIpc) is 2.44. The smallest absolute Gasteiger partial charge is 0.265 e. The number of ether oxygens (including phenoxy) is 1. The van der Waals surface area contributed by atoms with Crippen molar-refractivity contribution in [3.8, 4) is 5.75 Å². The molecule has 0 aromatic heterocycles. The molecule has 21 heavy (non-hydrogen) atoms. The zero-order valence-electron chi connectivity index (χ0n) is 12.6. The molecule has 5 heteroatoms. The summed E-state index contributed by atoms with van der Waals surface area (Å²) in [6, 6.07) is 10.6. The van der Waals surface area contributed by atoms with Crippen molar-refractivity contribution < 1.29 is 13.2 Å². The summed E-state index contributed by atoms with van der Waals surface area (Å²) in [5.74, 6) is 0.332. The highest BCUT2D eigenvalue weighted by Crippen LogP contribution is 2.28. The van der Waals surface area contributed by atoms with Crippen LogP contribution >= 0.6 is 0 Å². The molecule has 0 spiro atoms. The third kappa shape index (κ3) is 3.19. The van der Waals surface area contributed by atoms with Gasteiger partial charge in [-0.15, -0.1) is 0 Å². The SMILES string of the molecule is COc1ccc(C)cc1S(=O)(=O)Nc1cccc(C)c1C. The van der Waals surface area contributed by atoms with Gasteiger partial charge in [-0.3, -0.25) is 4.72 Å². The predicted molar refractivity (Wildman–Crippen MR) is 84.5 cm³/mol. The maximum Gasteiger partial charge on any atom is 0.265 e. The lowest BCUT2D eigenvalue weighted by molar-refractivity contribution is 0.402. The predicted octanol–water partition coefficient (Wildman–Crippen LogP) is 3.42. The van der Waals surface area contributed by atoms with Gasteiger partial charge in [0.1, 0.15) is 10.6 Å². The highest BCUT2D eigenvalue weighted by atomic mass is 32.2. The molecule has 112 valence electrons. The summed E-state index contributed by atoms with van der Waals surface area (Å²) >= 11 is 0. The summed E-state index contributed by atoms with van der Waals surface area (Å²) in [7, 11) is -2.23. The topological polar surface area (TPSA) is 55.4 Å². The van der Waals surface area contributed by atoms with Crippen LogP contribution in [0.5, 0.6) is 5.75 Å². The molecule has 0 heterocycles. The van der Waals surface area contributed by atoms with Crippen LogP contribution < -0.4 is 9.46 Å². The van der Waals surface area contributed by atoms with E-state index in [0.29, 0.717) is 11.4 Å². The zero-order valence-corrected chi connectivity index (χ0v) is 13.4. The summed E-state index contributed by atoms with van der Waals surface area (Å²) in [5, 5.41) is 0. The first kappa shape index (κ1) is 15.4. The van der Waals surface area contributed by atoms with Gasteiger partial charge in [-0.05, 0) is 55.7 Å². The van der Waals surface area contributed by atoms with Crippen molar-refractivity contribution >= 4 is 15.7 Å². The summed E-state index contributed by atoms with van der Waals surface area (Å²) in [6.45, 7) is 5.68. The first-order chi connectivity index (χ1) is 9.85. The molecular weight excluding hydrogens is 286 g/mol. The first-order valence-corrected chi connectivity index (χ1v) is 8.07. The lowest BCUT2D eigenvalue weighted by Gasteiger charge is -2.14. The van der Waals surface area contributed by atoms with Crippen LogP contribution in [0.15, 0.2) is 41.3 Å². The molecule has 0 bridgehead atoms. The number of aryl methyl sites for hydroxylation is 2. The quantitative estimate of drug-likeness (QED) is 0.941. The van der Waals surface area contributed by atoms with Crippen molar-refractivity contribution in [2.45, 2.75) is 25.7 Å². The van der Waals surface area contributed by atoms with Crippen molar-refractivity contribution in [2.24, 2.45) is 0 Å². The highest BCUT2D eigenvalue weighted by molar-refractivity contribution is 7.92. The monoisotopic (exact) mass is 305 g/mol. The van der Waals surface area contributed by atoms with Crippen LogP contribution in [0.3, 0.4) is 0 Å². The van der Waals surface area contributed by atoms with E-state index < -0.39 is 10.0 Å². The van der Waals surface area contributed by atoms with Gasteiger partial charge in [-0.2, -0.15) is 0 Å². The number of sulfonamides is 1. The van der Waals surface area contributed by atoms with Gasteiger partial charge < -0.3 is 4.74 Å². The van der Waals surface area contributed by atoms with Gasteiger partial charge in [0.05, 0.1) is 12.8 Å². The molecule has 4 nitrogen and oxygen atoms in total. The van der Waals surface area contributed by atoms with Gasteiger partial charge in [0.25, 0.3) is 10.0 Å². The summed E-state index contributed by atoms with van der Waals surface area (Å²) < 4.78 is 33.0. The fourth-order valence-electron chi connectivity index (χ4n) is 2.06. The van der Waals surface area contributed by atoms with Gasteiger partial charge in [-0.1, -0.05) is 18.2 Å². The van der Waals surface area contributed by atoms with Crippen LogP contribution in [0, 0.1) is 20.8 Å². The average molecular weight is 305 g/mol. The fraction of sp³-hybridized carbons (Fsp3) is 0.250. The third-order valence-corrected chi connectivity index (χ3v) is 4.84. The molecular formula is C16H19NO3S. The van der Waals surface area contributed by atoms with E-state index in [9.17, 15) is 8.42 Å². The van der Waals surface area contributed by atoms with E-state index >= 15 is 0 Å². The van der Waals surface area contributed by atoms with Gasteiger partial charge >= 0.3 is 0 Å². The standard InChI is InChI=1S/C16H19NO3S/c1-11-8-9-15(20-4)16(10-11)21(18,19)17-14-7-5-6-12(2)13(14)3/h5-10,17H,1-4H3. The second-order valence-electron chi connectivity index (χ2n) is 5.01. The number of methoxy groups -OCH3 is 1. The Morgan fingerprint density at radius 3 is 2.43 bits per heavy atom. The first-order valence-electron chi connectivity index (χ1n) is 6.59. The molecule has 0 saturated heterocycles. The van der Waals surface area contributed by atoms with E-state index in [-0.39, 0.29) is 4.90 Å². The minimum atomic E-state index is -3.69. The van der Waals surface area contributed by atoms with Crippen molar-refractivity contribution in [1.29, 1.82) is 0 Å². The molecule has 0 fully saturated rings. The zero-order chi connectivity index (χ0) is 15.6. The lowest BCUT2D eigenvalue weighted by Crippen LogP contribution is -2.15. The molecule has 0 aliphatic rings. The Kier molecular flexibility index (Phi) is 4.23. The number of hydrogen-bond donors (Lipinski definition) is 1. The van der Waals surface area contributed by atoms with E-state index in [1.165, 1.54) is 7.11 Å². The summed E-state index contributed by atoms with van der Waals surface area (Å²) in [4.78, 5) is 0.144. The molecule has 0 aliphatic carbocycles. The van der Waals surface area contributed by atoms with Crippen LogP contribution in [0.4, 0.5) is 5.69 Å². The number of hydrogen-bond acceptors (Lipinski definition) is 3. The van der Waals surface area contributed by atoms with Gasteiger partial charge in [0.15, 0.2) is 0 Å². The maximum absolute atomic E-state index is 12.6. The largest absolute Gasteiger partial charge is 0.495 e. The van der Waals surface area contributed by atoms with Crippen LogP contribution in [0.2, 0.25) is 0 Å². The van der Waals surface area contributed by atoms with Crippen molar-refractivity contribution in [3.05, 3.63) is 53.1 Å². The molecule has 0 amide bonds. The number of anilines is 1. The Morgan fingerprint density at radius 1 is 1.05 bits per heavy atom. The van der Waals surface area contributed by atoms with Crippen LogP contribution in [0.25, 0.3) is 0 Å². The normalized spacial score (nSPS) is 11.2. The second-order valence-corrected chi connectivity index (χ2v) is 6.66. The minimum Gasteiger partial charge on any atom is -0.495 e. The Bertz CT molecular complexity index is 767. The molecule has 0 saturated carbocycles. The van der Waals surface area contributed by atoms with E-state index in [2.05, 4.69) is 4.72 Å². The fourth-order valence-corrected chi connectivity index (χ4v) is 3.43. The van der Waals surface area contributed by atoms with Gasteiger partial charge in [0, 0.05) is 0 Å². The van der Waals surface area contributed by atoms with Crippen LogP contribution in [-0.4, -0.2) is 15.5 Å². The van der Waals surface area contributed by atoms with Crippen molar-refractivity contribution in [1.82, 2.24) is 0 Å². The molecule has 0 atom stereocenters. The highest BCUT2D eigenvalue weighted by Gasteiger charge is 2.20. The van der Waals surface area contributed by atoms with E-state index in [1.54, 1.807) is 18.2 Å². The van der Waals surface area contributed by atoms with E-state index in [1.807, 2.05) is 39.0 Å². The van der Waals surface area contributed by atoms with Gasteiger partial charge in [-0.25, -0.2) is 8.42 Å². The van der Waals surface area contributed by atoms with Crippen molar-refractivity contribution in [2.75, 3.05) is 11.8 Å². The summed E-state index contributed by atoms with van der Waals surface area (Å²) in [6.07, 6.45) is 0. The second kappa shape index (κ2) is 5.77.